The second-order valence-corrected chi connectivity index (χ2v) is 17.3. The molecule has 1 N–H and O–H groups in total. The van der Waals surface area contributed by atoms with Gasteiger partial charge in [-0.25, -0.2) is 0 Å². The molecule has 3 aromatic carbocycles. The van der Waals surface area contributed by atoms with Gasteiger partial charge in [-0.3, -0.25) is 4.79 Å². The Bertz CT molecular complexity index is 1860. The van der Waals surface area contributed by atoms with E-state index in [0.29, 0.717) is 0 Å². The second-order valence-electron chi connectivity index (χ2n) is 13.0. The first-order valence-corrected chi connectivity index (χ1v) is 18.7. The smallest absolute Gasteiger partial charge is 0.164 e. The molecule has 0 saturated carbocycles. The van der Waals surface area contributed by atoms with Gasteiger partial charge in [-0.15, -0.1) is 22.9 Å². The fourth-order valence-electron chi connectivity index (χ4n) is 6.33. The topological polar surface area (TPSA) is 63.3 Å². The Morgan fingerprint density at radius 1 is 0.909 bits per heavy atom. The Hall–Kier alpha value is -3.05. The van der Waals surface area contributed by atoms with Crippen molar-refractivity contribution in [2.75, 3.05) is 0 Å². The van der Waals surface area contributed by atoms with Gasteiger partial charge in [-0.05, 0) is 43.5 Å². The number of allylic oxidation sites excluding steroid dienone is 2. The number of carbonyl (C=O) groups is 1. The number of aliphatic hydroxyl groups is 1. The van der Waals surface area contributed by atoms with Crippen LogP contribution in [-0.4, -0.2) is 23.9 Å². The molecule has 5 aromatic rings. The zero-order valence-corrected chi connectivity index (χ0v) is 30.6. The summed E-state index contributed by atoms with van der Waals surface area (Å²) in [5.41, 5.74) is 3.42. The van der Waals surface area contributed by atoms with Crippen LogP contribution in [0.3, 0.4) is 0 Å². The van der Waals surface area contributed by atoms with E-state index in [4.69, 9.17) is 9.40 Å². The molecule has 0 atom stereocenters. The number of ketones is 1. The van der Waals surface area contributed by atoms with E-state index >= 15 is 0 Å². The molecule has 0 unspecified atom stereocenters. The van der Waals surface area contributed by atoms with Crippen molar-refractivity contribution in [1.82, 2.24) is 4.98 Å². The van der Waals surface area contributed by atoms with Gasteiger partial charge >= 0.3 is 0 Å². The maximum Gasteiger partial charge on any atom is 0.164 e. The summed E-state index contributed by atoms with van der Waals surface area (Å²) in [6, 6.07) is 22.8. The van der Waals surface area contributed by atoms with Gasteiger partial charge in [0.25, 0.3) is 0 Å². The molecule has 233 valence electrons. The van der Waals surface area contributed by atoms with E-state index in [1.807, 2.05) is 53.8 Å². The third-order valence-electron chi connectivity index (χ3n) is 10.4. The molecule has 1 aliphatic heterocycles. The Kier molecular flexibility index (Phi) is 9.80. The predicted molar refractivity (Wildman–Crippen MR) is 183 cm³/mol. The molecule has 0 fully saturated rings. The Balaban J connectivity index is 0.000000218. The fraction of sp³-hybridized carbons (Fsp3) is 0.368. The molecule has 1 radical (unpaired) electrons. The van der Waals surface area contributed by atoms with Crippen molar-refractivity contribution in [3.8, 4) is 11.3 Å². The van der Waals surface area contributed by atoms with Gasteiger partial charge in [0.2, 0.25) is 0 Å². The number of nitrogens with zero attached hydrogens (tertiary/aromatic N) is 1. The molecular formula is C38H44IrNO3Si-. The van der Waals surface area contributed by atoms with Crippen molar-refractivity contribution in [2.24, 2.45) is 10.8 Å². The molecule has 0 amide bonds. The predicted octanol–water partition coefficient (Wildman–Crippen LogP) is 9.38. The number of carbonyl (C=O) groups excluding carboxylic acids is 1. The van der Waals surface area contributed by atoms with E-state index in [9.17, 15) is 9.90 Å². The zero-order valence-electron chi connectivity index (χ0n) is 27.2. The number of benzene rings is 3. The molecule has 44 heavy (non-hydrogen) atoms. The average molecular weight is 783 g/mol. The van der Waals surface area contributed by atoms with Crippen molar-refractivity contribution >= 4 is 56.9 Å². The first-order valence-electron chi connectivity index (χ1n) is 15.7. The maximum absolute atomic E-state index is 12.2. The van der Waals surface area contributed by atoms with Crippen LogP contribution in [0.15, 0.2) is 77.0 Å². The number of rotatable bonds is 7. The SMILES string of the molecule is CCC(C)(CC)C(=O)/C=C(\O)C(C)(CC)CC.C[Si]1(C)c2c([c-]cc3ccccc23)-c2nccc3oc4cccc1c4c23.[Ir]. The quantitative estimate of drug-likeness (QED) is 0.0774. The second kappa shape index (κ2) is 12.7. The Morgan fingerprint density at radius 3 is 2.20 bits per heavy atom. The van der Waals surface area contributed by atoms with E-state index in [1.54, 1.807) is 0 Å². The fourth-order valence-corrected chi connectivity index (χ4v) is 9.71. The monoisotopic (exact) mass is 783 g/mol. The van der Waals surface area contributed by atoms with Crippen LogP contribution in [-0.2, 0) is 24.9 Å². The van der Waals surface area contributed by atoms with Gasteiger partial charge in [-0.2, -0.15) is 0 Å². The molecule has 0 spiro atoms. The first kappa shape index (κ1) is 33.8. The van der Waals surface area contributed by atoms with Gasteiger partial charge in [0.1, 0.15) is 16.9 Å². The van der Waals surface area contributed by atoms with Crippen LogP contribution >= 0.6 is 0 Å². The summed E-state index contributed by atoms with van der Waals surface area (Å²) < 4.78 is 6.17. The molecule has 2 aromatic heterocycles. The average Bonchev–Trinajstić information content (AvgIpc) is 3.38. The molecule has 1 aliphatic rings. The van der Waals surface area contributed by atoms with E-state index in [0.717, 1.165) is 53.5 Å². The van der Waals surface area contributed by atoms with Crippen LogP contribution in [0.1, 0.15) is 67.2 Å². The molecule has 6 rings (SSSR count). The van der Waals surface area contributed by atoms with Gasteiger partial charge < -0.3 is 14.5 Å². The molecular weight excluding hydrogens is 739 g/mol. The van der Waals surface area contributed by atoms with Gasteiger partial charge in [0.05, 0.1) is 8.07 Å². The van der Waals surface area contributed by atoms with Crippen molar-refractivity contribution in [3.05, 3.63) is 78.7 Å². The molecule has 6 heteroatoms. The summed E-state index contributed by atoms with van der Waals surface area (Å²) >= 11 is 0. The van der Waals surface area contributed by atoms with Crippen LogP contribution < -0.4 is 10.4 Å². The normalized spacial score (nSPS) is 14.1. The van der Waals surface area contributed by atoms with Crippen LogP contribution in [0.4, 0.5) is 0 Å². The minimum absolute atomic E-state index is 0. The molecule has 0 aliphatic carbocycles. The molecule has 0 saturated heterocycles. The third kappa shape index (κ3) is 5.50. The zero-order chi connectivity index (χ0) is 31.2. The summed E-state index contributed by atoms with van der Waals surface area (Å²) in [4.78, 5) is 17.0. The number of fused-ring (bicyclic) bond motifs is 4. The molecule has 4 nitrogen and oxygen atoms in total. The van der Waals surface area contributed by atoms with Crippen molar-refractivity contribution in [3.63, 3.8) is 0 Å². The van der Waals surface area contributed by atoms with Crippen LogP contribution in [0.5, 0.6) is 0 Å². The van der Waals surface area contributed by atoms with Crippen LogP contribution in [0.2, 0.25) is 13.1 Å². The number of hydrogen-bond donors (Lipinski definition) is 1. The van der Waals surface area contributed by atoms with Crippen LogP contribution in [0.25, 0.3) is 44.0 Å². The maximum atomic E-state index is 12.2. The number of pyridine rings is 1. The summed E-state index contributed by atoms with van der Waals surface area (Å²) in [6.07, 6.45) is 6.61. The van der Waals surface area contributed by atoms with E-state index in [2.05, 4.69) is 67.7 Å². The first-order chi connectivity index (χ1) is 20.5. The third-order valence-corrected chi connectivity index (χ3v) is 13.9. The van der Waals surface area contributed by atoms with Crippen molar-refractivity contribution < 1.29 is 34.4 Å². The Labute approximate surface area is 276 Å². The minimum atomic E-state index is -1.99. The summed E-state index contributed by atoms with van der Waals surface area (Å²) in [6.45, 7) is 17.0. The number of hydrogen-bond acceptors (Lipinski definition) is 4. The van der Waals surface area contributed by atoms with Crippen LogP contribution in [0, 0.1) is 16.9 Å². The van der Waals surface area contributed by atoms with Gasteiger partial charge in [0, 0.05) is 54.0 Å². The number of aliphatic hydroxyl groups excluding tert-OH is 1. The molecule has 0 bridgehead atoms. The van der Waals surface area contributed by atoms with Gasteiger partial charge in [-0.1, -0.05) is 107 Å². The summed E-state index contributed by atoms with van der Waals surface area (Å²) in [7, 11) is -1.99. The van der Waals surface area contributed by atoms with Gasteiger partial charge in [0.15, 0.2) is 5.78 Å². The van der Waals surface area contributed by atoms with E-state index in [-0.39, 0.29) is 42.5 Å². The largest absolute Gasteiger partial charge is 0.512 e. The number of aromatic nitrogens is 1. The standard InChI is InChI=1S/C23H16NOSi.C15H28O2.Ir/c1-26(2)19-9-5-8-17-20(19)21-18(25-17)12-13-24-22(21)16-11-10-14-6-3-4-7-15(14)23(16)26;1-7-14(5,8-2)12(16)11-13(17)15(6,9-3)10-4;/h3-10,12-13H,1-2H3;11,16H,7-10H2,1-6H3;/q-1;;/b;12-11-;. The van der Waals surface area contributed by atoms with Crippen molar-refractivity contribution in [2.45, 2.75) is 80.3 Å². The Morgan fingerprint density at radius 2 is 1.55 bits per heavy atom. The summed E-state index contributed by atoms with van der Waals surface area (Å²) in [5.74, 6) is 0.286. The molecule has 3 heterocycles. The van der Waals surface area contributed by atoms with E-state index in [1.165, 1.54) is 32.6 Å². The van der Waals surface area contributed by atoms with Crippen molar-refractivity contribution in [1.29, 1.82) is 0 Å². The number of furan rings is 1. The minimum Gasteiger partial charge on any atom is -0.512 e. The van der Waals surface area contributed by atoms with E-state index < -0.39 is 8.07 Å². The summed E-state index contributed by atoms with van der Waals surface area (Å²) in [5, 5.41) is 18.0.